The first-order chi connectivity index (χ1) is 18.8. The summed E-state index contributed by atoms with van der Waals surface area (Å²) < 4.78 is 0. The molecule has 0 atom stereocenters. The van der Waals surface area contributed by atoms with Gasteiger partial charge in [0.15, 0.2) is 5.82 Å². The zero-order valence-corrected chi connectivity index (χ0v) is 25.1. The summed E-state index contributed by atoms with van der Waals surface area (Å²) in [7, 11) is 0. The van der Waals surface area contributed by atoms with Gasteiger partial charge in [-0.1, -0.05) is 154 Å². The molecule has 2 aromatic rings. The van der Waals surface area contributed by atoms with Crippen LogP contribution in [-0.2, 0) is 12.8 Å². The van der Waals surface area contributed by atoms with Gasteiger partial charge in [-0.05, 0) is 48.6 Å². The van der Waals surface area contributed by atoms with E-state index in [9.17, 15) is 0 Å². The molecule has 0 spiro atoms. The Morgan fingerprint density at radius 1 is 0.526 bits per heavy atom. The molecule has 0 radical (unpaired) electrons. The Bertz CT molecular complexity index is 817. The number of benzene rings is 1. The number of aryl methyl sites for hydroxylation is 2. The first kappa shape index (κ1) is 30.8. The van der Waals surface area contributed by atoms with Crippen molar-refractivity contribution in [3.8, 4) is 11.4 Å². The molecule has 1 fully saturated rings. The minimum Gasteiger partial charge on any atom is -0.236 e. The molecule has 1 aromatic heterocycles. The second-order valence-corrected chi connectivity index (χ2v) is 12.3. The lowest BCUT2D eigenvalue weighted by molar-refractivity contribution is 0.248. The van der Waals surface area contributed by atoms with E-state index in [1.807, 2.05) is 0 Å². The lowest BCUT2D eigenvalue weighted by Crippen LogP contribution is -2.15. The van der Waals surface area contributed by atoms with Crippen LogP contribution in [0.4, 0.5) is 0 Å². The highest BCUT2D eigenvalue weighted by Gasteiger charge is 2.20. The van der Waals surface area contributed by atoms with Crippen LogP contribution in [0.2, 0.25) is 0 Å². The van der Waals surface area contributed by atoms with Crippen LogP contribution in [0.5, 0.6) is 0 Å². The molecule has 0 N–H and O–H groups in total. The Morgan fingerprint density at radius 2 is 1.03 bits per heavy atom. The summed E-state index contributed by atoms with van der Waals surface area (Å²) in [6.07, 6.45) is 34.7. The van der Waals surface area contributed by atoms with Crippen molar-refractivity contribution in [2.24, 2.45) is 11.8 Å². The van der Waals surface area contributed by atoms with Gasteiger partial charge in [0, 0.05) is 18.0 Å². The van der Waals surface area contributed by atoms with Crippen LogP contribution >= 0.6 is 0 Å². The normalized spacial score (nSPS) is 17.6. The fourth-order valence-electron chi connectivity index (χ4n) is 6.31. The van der Waals surface area contributed by atoms with Crippen LogP contribution in [0.25, 0.3) is 11.4 Å². The lowest BCUT2D eigenvalue weighted by Gasteiger charge is -2.28. The average molecular weight is 519 g/mol. The van der Waals surface area contributed by atoms with Crippen LogP contribution < -0.4 is 0 Å². The topological polar surface area (TPSA) is 25.8 Å². The smallest absolute Gasteiger partial charge is 0.159 e. The van der Waals surface area contributed by atoms with E-state index in [4.69, 9.17) is 9.97 Å². The van der Waals surface area contributed by atoms with Crippen molar-refractivity contribution in [1.29, 1.82) is 0 Å². The summed E-state index contributed by atoms with van der Waals surface area (Å²) in [5, 5.41) is 0. The number of rotatable bonds is 20. The van der Waals surface area contributed by atoms with E-state index in [0.29, 0.717) is 0 Å². The monoisotopic (exact) mass is 518 g/mol. The standard InChI is InChI=1S/C36H58N2/c1-3-5-7-9-11-13-15-17-31-19-21-33(22-20-31)23-24-34-29-37-36(38-30-34)35-27-25-32(26-28-35)18-16-14-12-10-8-6-4-2/h25-31,33H,3-24H2,1-2H3/t31-,33-. The third-order valence-corrected chi connectivity index (χ3v) is 9.01. The third-order valence-electron chi connectivity index (χ3n) is 9.01. The highest BCUT2D eigenvalue weighted by molar-refractivity contribution is 5.55. The fraction of sp³-hybridized carbons (Fsp3) is 0.722. The number of unbranched alkanes of at least 4 members (excludes halogenated alkanes) is 12. The fourth-order valence-corrected chi connectivity index (χ4v) is 6.31. The third kappa shape index (κ3) is 12.4. The van der Waals surface area contributed by atoms with Gasteiger partial charge in [0.25, 0.3) is 0 Å². The molecule has 1 aliphatic rings. The Kier molecular flexibility index (Phi) is 15.7. The van der Waals surface area contributed by atoms with Gasteiger partial charge in [-0.15, -0.1) is 0 Å². The number of aromatic nitrogens is 2. The van der Waals surface area contributed by atoms with Crippen molar-refractivity contribution in [3.63, 3.8) is 0 Å². The summed E-state index contributed by atoms with van der Waals surface area (Å²) in [6, 6.07) is 8.95. The Labute approximate surface area is 235 Å². The molecule has 0 unspecified atom stereocenters. The van der Waals surface area contributed by atoms with Gasteiger partial charge >= 0.3 is 0 Å². The van der Waals surface area contributed by atoms with Crippen molar-refractivity contribution in [3.05, 3.63) is 47.8 Å². The van der Waals surface area contributed by atoms with Crippen molar-refractivity contribution in [1.82, 2.24) is 9.97 Å². The van der Waals surface area contributed by atoms with Gasteiger partial charge in [-0.25, -0.2) is 9.97 Å². The maximum Gasteiger partial charge on any atom is 0.159 e. The molecule has 0 bridgehead atoms. The minimum atomic E-state index is 0.863. The van der Waals surface area contributed by atoms with E-state index < -0.39 is 0 Å². The molecule has 1 saturated carbocycles. The molecule has 0 saturated heterocycles. The summed E-state index contributed by atoms with van der Waals surface area (Å²) in [5.41, 5.74) is 3.88. The summed E-state index contributed by atoms with van der Waals surface area (Å²) in [6.45, 7) is 4.59. The van der Waals surface area contributed by atoms with Crippen LogP contribution in [-0.4, -0.2) is 9.97 Å². The summed E-state index contributed by atoms with van der Waals surface area (Å²) in [4.78, 5) is 9.44. The molecule has 1 aromatic carbocycles. The quantitative estimate of drug-likeness (QED) is 0.163. The molecular weight excluding hydrogens is 460 g/mol. The maximum atomic E-state index is 4.72. The molecule has 1 heterocycles. The Balaban J connectivity index is 1.27. The zero-order valence-electron chi connectivity index (χ0n) is 25.1. The van der Waals surface area contributed by atoms with E-state index in [1.165, 1.54) is 146 Å². The van der Waals surface area contributed by atoms with Gasteiger partial charge in [0.05, 0.1) is 0 Å². The van der Waals surface area contributed by atoms with Crippen LogP contribution in [0.3, 0.4) is 0 Å². The molecule has 212 valence electrons. The molecule has 0 aliphatic heterocycles. The number of hydrogen-bond acceptors (Lipinski definition) is 2. The van der Waals surface area contributed by atoms with Crippen LogP contribution in [0, 0.1) is 11.8 Å². The van der Waals surface area contributed by atoms with Gasteiger partial charge in [0.2, 0.25) is 0 Å². The van der Waals surface area contributed by atoms with Crippen LogP contribution in [0.15, 0.2) is 36.7 Å². The minimum absolute atomic E-state index is 0.863. The highest BCUT2D eigenvalue weighted by atomic mass is 14.9. The highest BCUT2D eigenvalue weighted by Crippen LogP contribution is 2.34. The maximum absolute atomic E-state index is 4.72. The first-order valence-corrected chi connectivity index (χ1v) is 16.7. The second-order valence-electron chi connectivity index (χ2n) is 12.3. The Morgan fingerprint density at radius 3 is 1.61 bits per heavy atom. The van der Waals surface area contributed by atoms with Crippen molar-refractivity contribution >= 4 is 0 Å². The summed E-state index contributed by atoms with van der Waals surface area (Å²) in [5.74, 6) is 2.78. The van der Waals surface area contributed by atoms with Gasteiger partial charge < -0.3 is 0 Å². The summed E-state index contributed by atoms with van der Waals surface area (Å²) >= 11 is 0. The van der Waals surface area contributed by atoms with Crippen LogP contribution in [0.1, 0.15) is 153 Å². The van der Waals surface area contributed by atoms with E-state index in [2.05, 4.69) is 50.5 Å². The molecule has 0 amide bonds. The van der Waals surface area contributed by atoms with E-state index in [0.717, 1.165) is 29.6 Å². The van der Waals surface area contributed by atoms with E-state index >= 15 is 0 Å². The molecule has 38 heavy (non-hydrogen) atoms. The van der Waals surface area contributed by atoms with Gasteiger partial charge in [-0.2, -0.15) is 0 Å². The van der Waals surface area contributed by atoms with Gasteiger partial charge in [-0.3, -0.25) is 0 Å². The van der Waals surface area contributed by atoms with Crippen molar-refractivity contribution in [2.45, 2.75) is 155 Å². The predicted molar refractivity (Wildman–Crippen MR) is 166 cm³/mol. The average Bonchev–Trinajstić information content (AvgIpc) is 2.96. The van der Waals surface area contributed by atoms with E-state index in [-0.39, 0.29) is 0 Å². The molecule has 2 nitrogen and oxygen atoms in total. The molecule has 2 heteroatoms. The van der Waals surface area contributed by atoms with Gasteiger partial charge in [0.1, 0.15) is 0 Å². The lowest BCUT2D eigenvalue weighted by atomic mass is 9.78. The zero-order chi connectivity index (χ0) is 26.7. The number of nitrogens with zero attached hydrogens (tertiary/aromatic N) is 2. The molecule has 1 aliphatic carbocycles. The molecular formula is C36H58N2. The molecule has 3 rings (SSSR count). The largest absolute Gasteiger partial charge is 0.236 e. The SMILES string of the molecule is CCCCCCCCCc1ccc(-c2ncc(CC[C@H]3CC[C@H](CCCCCCCCC)CC3)cn2)cc1. The van der Waals surface area contributed by atoms with Crippen molar-refractivity contribution in [2.75, 3.05) is 0 Å². The number of hydrogen-bond donors (Lipinski definition) is 0. The van der Waals surface area contributed by atoms with Crippen molar-refractivity contribution < 1.29 is 0 Å². The second kappa shape index (κ2) is 19.4. The predicted octanol–water partition coefficient (Wildman–Crippen LogP) is 11.3. The Hall–Kier alpha value is -1.70. The first-order valence-electron chi connectivity index (χ1n) is 16.7. The van der Waals surface area contributed by atoms with E-state index in [1.54, 1.807) is 0 Å².